The van der Waals surface area contributed by atoms with Crippen LogP contribution in [0.25, 0.3) is 5.82 Å². The molecule has 0 atom stereocenters. The first-order chi connectivity index (χ1) is 9.81. The first-order valence-corrected chi connectivity index (χ1v) is 6.74. The molecule has 8 heteroatoms. The number of nitrogens with zero attached hydrogens (tertiary/aromatic N) is 3. The molecule has 1 amide bonds. The van der Waals surface area contributed by atoms with Gasteiger partial charge in [0.15, 0.2) is 0 Å². The van der Waals surface area contributed by atoms with E-state index in [0.29, 0.717) is 12.1 Å². The Balaban J connectivity index is 0.00000220. The van der Waals surface area contributed by atoms with Gasteiger partial charge in [0, 0.05) is 31.7 Å². The minimum Gasteiger partial charge on any atom is -0.351 e. The molecule has 0 spiro atoms. The maximum atomic E-state index is 11.9. The molecule has 6 nitrogen and oxygen atoms in total. The number of rotatable bonds is 7. The number of pyridine rings is 1. The molecule has 22 heavy (non-hydrogen) atoms. The second-order valence-corrected chi connectivity index (χ2v) is 4.38. The van der Waals surface area contributed by atoms with Gasteiger partial charge in [0.25, 0.3) is 5.91 Å². The van der Waals surface area contributed by atoms with Crippen LogP contribution in [0.5, 0.6) is 0 Å². The highest BCUT2D eigenvalue weighted by Gasteiger charge is 2.05. The second kappa shape index (κ2) is 11.0. The van der Waals surface area contributed by atoms with E-state index in [1.54, 1.807) is 35.4 Å². The molecule has 0 aliphatic carbocycles. The second-order valence-electron chi connectivity index (χ2n) is 4.38. The van der Waals surface area contributed by atoms with E-state index in [2.05, 4.69) is 27.5 Å². The van der Waals surface area contributed by atoms with Crippen LogP contribution in [0.2, 0.25) is 0 Å². The van der Waals surface area contributed by atoms with Gasteiger partial charge in [-0.3, -0.25) is 9.36 Å². The lowest BCUT2D eigenvalue weighted by Gasteiger charge is -2.06. The van der Waals surface area contributed by atoms with E-state index in [9.17, 15) is 4.79 Å². The van der Waals surface area contributed by atoms with Gasteiger partial charge in [-0.1, -0.05) is 6.92 Å². The summed E-state index contributed by atoms with van der Waals surface area (Å²) < 4.78 is 1.79. The summed E-state index contributed by atoms with van der Waals surface area (Å²) >= 11 is 0. The predicted octanol–water partition coefficient (Wildman–Crippen LogP) is 1.84. The maximum absolute atomic E-state index is 11.9. The Kier molecular flexibility index (Phi) is 10.2. The fourth-order valence-corrected chi connectivity index (χ4v) is 1.74. The van der Waals surface area contributed by atoms with Gasteiger partial charge in [0.05, 0.1) is 5.56 Å². The van der Waals surface area contributed by atoms with Crippen LogP contribution < -0.4 is 10.6 Å². The van der Waals surface area contributed by atoms with Gasteiger partial charge in [0.2, 0.25) is 0 Å². The molecule has 0 radical (unpaired) electrons. The maximum Gasteiger partial charge on any atom is 0.252 e. The van der Waals surface area contributed by atoms with Crippen molar-refractivity contribution >= 4 is 30.7 Å². The largest absolute Gasteiger partial charge is 0.351 e. The van der Waals surface area contributed by atoms with Crippen LogP contribution in [0.1, 0.15) is 23.7 Å². The lowest BCUT2D eigenvalue weighted by atomic mass is 10.2. The Morgan fingerprint density at radius 1 is 1.23 bits per heavy atom. The van der Waals surface area contributed by atoms with E-state index in [1.165, 1.54) is 0 Å². The number of nitrogens with one attached hydrogen (secondary N) is 2. The first-order valence-electron chi connectivity index (χ1n) is 6.74. The molecule has 0 aromatic carbocycles. The number of halogens is 2. The molecule has 2 aromatic heterocycles. The molecular formula is C14H21Cl2N5O. The zero-order valence-electron chi connectivity index (χ0n) is 12.4. The lowest BCUT2D eigenvalue weighted by Crippen LogP contribution is -2.32. The normalized spacial score (nSPS) is 9.50. The van der Waals surface area contributed by atoms with E-state index in [4.69, 9.17) is 0 Å². The molecule has 0 unspecified atom stereocenters. The zero-order valence-corrected chi connectivity index (χ0v) is 14.0. The van der Waals surface area contributed by atoms with Crippen molar-refractivity contribution in [3.8, 4) is 5.82 Å². The summed E-state index contributed by atoms with van der Waals surface area (Å²) in [5.74, 6) is 0.636. The van der Waals surface area contributed by atoms with Crippen LogP contribution >= 0.6 is 24.8 Å². The highest BCUT2D eigenvalue weighted by Crippen LogP contribution is 2.05. The van der Waals surface area contributed by atoms with Crippen molar-refractivity contribution in [2.24, 2.45) is 0 Å². The number of aromatic nitrogens is 3. The lowest BCUT2D eigenvalue weighted by molar-refractivity contribution is 0.0953. The summed E-state index contributed by atoms with van der Waals surface area (Å²) in [4.78, 5) is 20.1. The van der Waals surface area contributed by atoms with Crippen LogP contribution in [-0.2, 0) is 0 Å². The van der Waals surface area contributed by atoms with Crippen LogP contribution in [0, 0.1) is 0 Å². The zero-order chi connectivity index (χ0) is 14.2. The van der Waals surface area contributed by atoms with Crippen molar-refractivity contribution in [2.75, 3.05) is 19.6 Å². The van der Waals surface area contributed by atoms with Gasteiger partial charge in [0.1, 0.15) is 12.1 Å². The number of carbonyl (C=O) groups excluding carboxylic acids is 1. The molecule has 0 aliphatic heterocycles. The topological polar surface area (TPSA) is 71.8 Å². The Morgan fingerprint density at radius 2 is 2.05 bits per heavy atom. The summed E-state index contributed by atoms with van der Waals surface area (Å²) in [6, 6.07) is 3.56. The van der Waals surface area contributed by atoms with Gasteiger partial charge in [-0.25, -0.2) is 9.97 Å². The fraction of sp³-hybridized carbons (Fsp3) is 0.357. The Hall–Kier alpha value is -1.63. The quantitative estimate of drug-likeness (QED) is 0.751. The molecular weight excluding hydrogens is 325 g/mol. The third kappa shape index (κ3) is 6.01. The number of carbonyl (C=O) groups is 1. The fourth-order valence-electron chi connectivity index (χ4n) is 1.74. The van der Waals surface area contributed by atoms with Gasteiger partial charge in [-0.2, -0.15) is 0 Å². The van der Waals surface area contributed by atoms with Crippen LogP contribution in [0.15, 0.2) is 37.1 Å². The summed E-state index contributed by atoms with van der Waals surface area (Å²) in [6.07, 6.45) is 7.83. The molecule has 2 N–H and O–H groups in total. The summed E-state index contributed by atoms with van der Waals surface area (Å²) in [5.41, 5.74) is 0.560. The Bertz CT molecular complexity index is 531. The van der Waals surface area contributed by atoms with Crippen LogP contribution in [-0.4, -0.2) is 40.1 Å². The molecule has 2 heterocycles. The number of imidazole rings is 1. The van der Waals surface area contributed by atoms with E-state index in [1.807, 2.05) is 6.20 Å². The van der Waals surface area contributed by atoms with Crippen molar-refractivity contribution in [3.63, 3.8) is 0 Å². The minimum atomic E-state index is -0.104. The van der Waals surface area contributed by atoms with Crippen molar-refractivity contribution < 1.29 is 4.79 Å². The molecule has 0 fully saturated rings. The number of amides is 1. The number of hydrogen-bond acceptors (Lipinski definition) is 4. The van der Waals surface area contributed by atoms with E-state index in [0.717, 1.165) is 25.3 Å². The molecule has 0 saturated heterocycles. The van der Waals surface area contributed by atoms with Gasteiger partial charge in [-0.05, 0) is 25.1 Å². The third-order valence-corrected chi connectivity index (χ3v) is 2.79. The summed E-state index contributed by atoms with van der Waals surface area (Å²) in [5, 5.41) is 6.08. The first kappa shape index (κ1) is 20.4. The van der Waals surface area contributed by atoms with Crippen molar-refractivity contribution in [3.05, 3.63) is 42.6 Å². The van der Waals surface area contributed by atoms with Crippen molar-refractivity contribution in [2.45, 2.75) is 13.3 Å². The van der Waals surface area contributed by atoms with E-state index < -0.39 is 0 Å². The smallest absolute Gasteiger partial charge is 0.252 e. The van der Waals surface area contributed by atoms with Crippen LogP contribution in [0.3, 0.4) is 0 Å². The van der Waals surface area contributed by atoms with Gasteiger partial charge >= 0.3 is 0 Å². The van der Waals surface area contributed by atoms with Crippen LogP contribution in [0.4, 0.5) is 0 Å². The highest BCUT2D eigenvalue weighted by molar-refractivity contribution is 5.93. The van der Waals surface area contributed by atoms with E-state index >= 15 is 0 Å². The molecule has 0 saturated carbocycles. The molecule has 2 aromatic rings. The average Bonchev–Trinajstić information content (AvgIpc) is 3.01. The molecule has 0 bridgehead atoms. The van der Waals surface area contributed by atoms with E-state index in [-0.39, 0.29) is 30.7 Å². The molecule has 0 aliphatic rings. The minimum absolute atomic E-state index is 0. The summed E-state index contributed by atoms with van der Waals surface area (Å²) in [7, 11) is 0. The standard InChI is InChI=1S/C14H19N5O.2ClH/c1-2-5-15-6-7-17-14(20)12-3-4-13(18-10-12)19-9-8-16-11-19;;/h3-4,8-11,15H,2,5-7H2,1H3,(H,17,20);2*1H. The van der Waals surface area contributed by atoms with Gasteiger partial charge in [-0.15, -0.1) is 24.8 Å². The average molecular weight is 346 g/mol. The van der Waals surface area contributed by atoms with Crippen molar-refractivity contribution in [1.82, 2.24) is 25.2 Å². The summed E-state index contributed by atoms with van der Waals surface area (Å²) in [6.45, 7) is 4.47. The molecule has 122 valence electrons. The predicted molar refractivity (Wildman–Crippen MR) is 91.3 cm³/mol. The Labute approximate surface area is 142 Å². The SMILES string of the molecule is CCCNCCNC(=O)c1ccc(-n2ccnc2)nc1.Cl.Cl. The van der Waals surface area contributed by atoms with Crippen molar-refractivity contribution in [1.29, 1.82) is 0 Å². The Morgan fingerprint density at radius 3 is 2.64 bits per heavy atom. The van der Waals surface area contributed by atoms with Gasteiger partial charge < -0.3 is 10.6 Å². The molecule has 2 rings (SSSR count). The highest BCUT2D eigenvalue weighted by atomic mass is 35.5. The monoisotopic (exact) mass is 345 g/mol. The third-order valence-electron chi connectivity index (χ3n) is 2.79. The number of hydrogen-bond donors (Lipinski definition) is 2.